The Kier molecular flexibility index (Phi) is 5.31. The molecule has 0 aliphatic carbocycles. The fraction of sp³-hybridized carbons (Fsp3) is 0.500. The summed E-state index contributed by atoms with van der Waals surface area (Å²) in [5, 5.41) is 3.63. The third-order valence-electron chi connectivity index (χ3n) is 5.75. The van der Waals surface area contributed by atoms with E-state index in [4.69, 9.17) is 0 Å². The van der Waals surface area contributed by atoms with E-state index in [-0.39, 0.29) is 11.9 Å². The van der Waals surface area contributed by atoms with Crippen LogP contribution in [0.25, 0.3) is 0 Å². The standard InChI is InChI=1S/C22H29N5O/c1-15(12-26-10-8-18-6-4-5-7-19(18)13-26)23-22-20-9-11-27(17(3)28)14-21(20)24-16(2)25-22/h4-7,15H,8-14H2,1-3H3,(H,23,24,25). The molecule has 0 bridgehead atoms. The average molecular weight is 380 g/mol. The van der Waals surface area contributed by atoms with Gasteiger partial charge in [0, 0.05) is 44.7 Å². The Morgan fingerprint density at radius 2 is 1.93 bits per heavy atom. The molecule has 2 aliphatic rings. The molecule has 6 nitrogen and oxygen atoms in total. The number of anilines is 1. The number of rotatable bonds is 4. The van der Waals surface area contributed by atoms with E-state index in [2.05, 4.69) is 51.4 Å². The maximum absolute atomic E-state index is 11.7. The van der Waals surface area contributed by atoms with E-state index in [1.807, 2.05) is 11.8 Å². The molecule has 0 fully saturated rings. The summed E-state index contributed by atoms with van der Waals surface area (Å²) in [6.45, 7) is 10.2. The van der Waals surface area contributed by atoms with E-state index >= 15 is 0 Å². The van der Waals surface area contributed by atoms with Gasteiger partial charge in [0.05, 0.1) is 12.2 Å². The number of amides is 1. The number of hydrogen-bond acceptors (Lipinski definition) is 5. The minimum Gasteiger partial charge on any atom is -0.366 e. The van der Waals surface area contributed by atoms with Crippen molar-refractivity contribution in [3.8, 4) is 0 Å². The minimum absolute atomic E-state index is 0.107. The first kappa shape index (κ1) is 18.9. The summed E-state index contributed by atoms with van der Waals surface area (Å²) in [4.78, 5) is 25.4. The molecule has 4 rings (SSSR count). The van der Waals surface area contributed by atoms with Crippen molar-refractivity contribution in [3.63, 3.8) is 0 Å². The van der Waals surface area contributed by atoms with E-state index in [0.29, 0.717) is 6.54 Å². The van der Waals surface area contributed by atoms with Crippen molar-refractivity contribution in [2.45, 2.75) is 52.7 Å². The maximum atomic E-state index is 11.7. The molecule has 6 heteroatoms. The Hall–Kier alpha value is -2.47. The Labute approximate surface area is 167 Å². The minimum atomic E-state index is 0.107. The zero-order valence-electron chi connectivity index (χ0n) is 17.0. The van der Waals surface area contributed by atoms with Crippen LogP contribution in [0, 0.1) is 6.92 Å². The summed E-state index contributed by atoms with van der Waals surface area (Å²) in [5.74, 6) is 1.80. The molecule has 1 amide bonds. The zero-order valence-corrected chi connectivity index (χ0v) is 17.0. The fourth-order valence-electron chi connectivity index (χ4n) is 4.32. The predicted octanol–water partition coefficient (Wildman–Crippen LogP) is 2.55. The van der Waals surface area contributed by atoms with Crippen molar-refractivity contribution < 1.29 is 4.79 Å². The van der Waals surface area contributed by atoms with E-state index in [0.717, 1.165) is 56.4 Å². The van der Waals surface area contributed by atoms with E-state index < -0.39 is 0 Å². The summed E-state index contributed by atoms with van der Waals surface area (Å²) in [5.41, 5.74) is 5.07. The van der Waals surface area contributed by atoms with E-state index in [9.17, 15) is 4.79 Å². The van der Waals surface area contributed by atoms with Crippen LogP contribution in [-0.4, -0.2) is 51.4 Å². The highest BCUT2D eigenvalue weighted by Crippen LogP contribution is 2.25. The predicted molar refractivity (Wildman–Crippen MR) is 110 cm³/mol. The van der Waals surface area contributed by atoms with Gasteiger partial charge in [-0.3, -0.25) is 9.69 Å². The number of aryl methyl sites for hydroxylation is 1. The number of nitrogens with one attached hydrogen (secondary N) is 1. The fourth-order valence-corrected chi connectivity index (χ4v) is 4.32. The van der Waals surface area contributed by atoms with Crippen LogP contribution in [-0.2, 0) is 30.7 Å². The Morgan fingerprint density at radius 1 is 1.14 bits per heavy atom. The lowest BCUT2D eigenvalue weighted by molar-refractivity contribution is -0.129. The first-order valence-electron chi connectivity index (χ1n) is 10.2. The molecular weight excluding hydrogens is 350 g/mol. The highest BCUT2D eigenvalue weighted by atomic mass is 16.2. The number of carbonyl (C=O) groups excluding carboxylic acids is 1. The number of hydrogen-bond donors (Lipinski definition) is 1. The summed E-state index contributed by atoms with van der Waals surface area (Å²) < 4.78 is 0. The van der Waals surface area contributed by atoms with Gasteiger partial charge in [0.25, 0.3) is 0 Å². The molecular formula is C22H29N5O. The first-order valence-corrected chi connectivity index (χ1v) is 10.2. The molecule has 28 heavy (non-hydrogen) atoms. The van der Waals surface area contributed by atoms with Crippen molar-refractivity contribution >= 4 is 11.7 Å². The molecule has 1 aromatic heterocycles. The van der Waals surface area contributed by atoms with Gasteiger partial charge in [0.15, 0.2) is 0 Å². The Bertz CT molecular complexity index is 881. The monoisotopic (exact) mass is 379 g/mol. The first-order chi connectivity index (χ1) is 13.5. The van der Waals surface area contributed by atoms with Gasteiger partial charge in [-0.15, -0.1) is 0 Å². The summed E-state index contributed by atoms with van der Waals surface area (Å²) in [7, 11) is 0. The van der Waals surface area contributed by atoms with Gasteiger partial charge in [-0.25, -0.2) is 9.97 Å². The van der Waals surface area contributed by atoms with Crippen molar-refractivity contribution in [2.24, 2.45) is 0 Å². The molecule has 0 saturated heterocycles. The van der Waals surface area contributed by atoms with Crippen molar-refractivity contribution in [1.82, 2.24) is 19.8 Å². The van der Waals surface area contributed by atoms with Gasteiger partial charge in [0.1, 0.15) is 11.6 Å². The van der Waals surface area contributed by atoms with Crippen LogP contribution in [0.3, 0.4) is 0 Å². The van der Waals surface area contributed by atoms with E-state index in [1.165, 1.54) is 16.7 Å². The highest BCUT2D eigenvalue weighted by Gasteiger charge is 2.24. The maximum Gasteiger partial charge on any atom is 0.219 e. The van der Waals surface area contributed by atoms with Gasteiger partial charge in [-0.1, -0.05) is 24.3 Å². The van der Waals surface area contributed by atoms with Gasteiger partial charge < -0.3 is 10.2 Å². The SMILES string of the molecule is CC(=O)N1CCc2c(nc(C)nc2NC(C)CN2CCc3ccccc3C2)C1. The second kappa shape index (κ2) is 7.87. The van der Waals surface area contributed by atoms with Crippen LogP contribution in [0.15, 0.2) is 24.3 Å². The highest BCUT2D eigenvalue weighted by molar-refractivity contribution is 5.73. The van der Waals surface area contributed by atoms with Crippen LogP contribution in [0.4, 0.5) is 5.82 Å². The van der Waals surface area contributed by atoms with Crippen molar-refractivity contribution in [1.29, 1.82) is 0 Å². The third-order valence-corrected chi connectivity index (χ3v) is 5.75. The molecule has 2 aliphatic heterocycles. The zero-order chi connectivity index (χ0) is 19.7. The second-order valence-corrected chi connectivity index (χ2v) is 8.03. The molecule has 1 N–H and O–H groups in total. The smallest absolute Gasteiger partial charge is 0.219 e. The largest absolute Gasteiger partial charge is 0.366 e. The molecule has 1 unspecified atom stereocenters. The van der Waals surface area contributed by atoms with Crippen LogP contribution < -0.4 is 5.32 Å². The Morgan fingerprint density at radius 3 is 2.71 bits per heavy atom. The van der Waals surface area contributed by atoms with Gasteiger partial charge >= 0.3 is 0 Å². The molecule has 148 valence electrons. The van der Waals surface area contributed by atoms with Crippen LogP contribution in [0.2, 0.25) is 0 Å². The number of aromatic nitrogens is 2. The quantitative estimate of drug-likeness (QED) is 0.885. The normalized spacial score (nSPS) is 17.6. The number of nitrogens with zero attached hydrogens (tertiary/aromatic N) is 4. The molecule has 0 radical (unpaired) electrons. The topological polar surface area (TPSA) is 61.4 Å². The second-order valence-electron chi connectivity index (χ2n) is 8.03. The molecule has 0 spiro atoms. The summed E-state index contributed by atoms with van der Waals surface area (Å²) in [6, 6.07) is 9.03. The lowest BCUT2D eigenvalue weighted by atomic mass is 9.99. The number of benzene rings is 1. The summed E-state index contributed by atoms with van der Waals surface area (Å²) in [6.07, 6.45) is 1.92. The molecule has 2 aromatic rings. The average Bonchev–Trinajstić information content (AvgIpc) is 2.67. The van der Waals surface area contributed by atoms with Crippen LogP contribution >= 0.6 is 0 Å². The third kappa shape index (κ3) is 4.02. The lowest BCUT2D eigenvalue weighted by Crippen LogP contribution is -2.39. The Balaban J connectivity index is 1.44. The van der Waals surface area contributed by atoms with E-state index in [1.54, 1.807) is 6.92 Å². The van der Waals surface area contributed by atoms with Gasteiger partial charge in [-0.2, -0.15) is 0 Å². The van der Waals surface area contributed by atoms with Crippen LogP contribution in [0.5, 0.6) is 0 Å². The number of carbonyl (C=O) groups is 1. The summed E-state index contributed by atoms with van der Waals surface area (Å²) >= 11 is 0. The van der Waals surface area contributed by atoms with Crippen molar-refractivity contribution in [3.05, 3.63) is 52.5 Å². The molecule has 0 saturated carbocycles. The molecule has 1 atom stereocenters. The van der Waals surface area contributed by atoms with Gasteiger partial charge in [0.2, 0.25) is 5.91 Å². The van der Waals surface area contributed by atoms with Crippen molar-refractivity contribution in [2.75, 3.05) is 25.0 Å². The molecule has 3 heterocycles. The number of fused-ring (bicyclic) bond motifs is 2. The van der Waals surface area contributed by atoms with Gasteiger partial charge in [-0.05, 0) is 37.8 Å². The van der Waals surface area contributed by atoms with Crippen LogP contribution in [0.1, 0.15) is 42.1 Å². The molecule has 1 aromatic carbocycles. The lowest BCUT2D eigenvalue weighted by Gasteiger charge is -2.32.